The molecular formula is C15H16N2O2. The first-order valence-corrected chi connectivity index (χ1v) is 5.92. The predicted octanol–water partition coefficient (Wildman–Crippen LogP) is 2.84. The number of nitrogen functional groups attached to an aromatic ring is 1. The molecule has 3 N–H and O–H groups in total. The molecule has 2 rings (SSSR count). The van der Waals surface area contributed by atoms with Gasteiger partial charge in [0.1, 0.15) is 5.75 Å². The van der Waals surface area contributed by atoms with Crippen molar-refractivity contribution in [1.29, 1.82) is 0 Å². The highest BCUT2D eigenvalue weighted by Gasteiger charge is 2.10. The molecule has 98 valence electrons. The van der Waals surface area contributed by atoms with Gasteiger partial charge in [-0.15, -0.1) is 0 Å². The lowest BCUT2D eigenvalue weighted by atomic mass is 10.1. The van der Waals surface area contributed by atoms with Crippen molar-refractivity contribution in [2.45, 2.75) is 6.92 Å². The van der Waals surface area contributed by atoms with Gasteiger partial charge in [-0.25, -0.2) is 0 Å². The Hall–Kier alpha value is -2.49. The Balaban J connectivity index is 2.25. The van der Waals surface area contributed by atoms with Crippen molar-refractivity contribution >= 4 is 17.3 Å². The number of hydrogen-bond donors (Lipinski definition) is 2. The molecule has 0 radical (unpaired) electrons. The second-order valence-electron chi connectivity index (χ2n) is 4.23. The number of para-hydroxylation sites is 1. The average molecular weight is 256 g/mol. The molecule has 0 aromatic heterocycles. The number of rotatable bonds is 3. The molecule has 0 aliphatic carbocycles. The number of ether oxygens (including phenoxy) is 1. The minimum Gasteiger partial charge on any atom is -0.497 e. The van der Waals surface area contributed by atoms with Gasteiger partial charge in [-0.05, 0) is 36.8 Å². The summed E-state index contributed by atoms with van der Waals surface area (Å²) < 4.78 is 5.10. The molecule has 4 heteroatoms. The maximum atomic E-state index is 12.2. The molecule has 4 nitrogen and oxygen atoms in total. The van der Waals surface area contributed by atoms with E-state index in [4.69, 9.17) is 10.5 Å². The molecule has 0 aliphatic heterocycles. The summed E-state index contributed by atoms with van der Waals surface area (Å²) in [6.07, 6.45) is 0. The number of nitrogens with one attached hydrogen (secondary N) is 1. The second kappa shape index (κ2) is 5.44. The monoisotopic (exact) mass is 256 g/mol. The SMILES string of the molecule is COc1cccc(C(=O)Nc2c(C)cccc2N)c1. The van der Waals surface area contributed by atoms with Crippen LogP contribution in [0.4, 0.5) is 11.4 Å². The van der Waals surface area contributed by atoms with E-state index in [1.165, 1.54) is 0 Å². The highest BCUT2D eigenvalue weighted by atomic mass is 16.5. The molecule has 0 heterocycles. The Morgan fingerprint density at radius 2 is 1.95 bits per heavy atom. The summed E-state index contributed by atoms with van der Waals surface area (Å²) in [6.45, 7) is 1.90. The summed E-state index contributed by atoms with van der Waals surface area (Å²) in [6, 6.07) is 12.5. The first-order valence-electron chi connectivity index (χ1n) is 5.92. The standard InChI is InChI=1S/C15H16N2O2/c1-10-5-3-8-13(16)14(10)17-15(18)11-6-4-7-12(9-11)19-2/h3-9H,16H2,1-2H3,(H,17,18). The van der Waals surface area contributed by atoms with Crippen LogP contribution in [-0.2, 0) is 0 Å². The van der Waals surface area contributed by atoms with Crippen molar-refractivity contribution in [1.82, 2.24) is 0 Å². The van der Waals surface area contributed by atoms with Crippen LogP contribution < -0.4 is 15.8 Å². The van der Waals surface area contributed by atoms with Crippen LogP contribution in [-0.4, -0.2) is 13.0 Å². The molecule has 0 saturated heterocycles. The summed E-state index contributed by atoms with van der Waals surface area (Å²) in [5.41, 5.74) is 8.52. The van der Waals surface area contributed by atoms with Crippen molar-refractivity contribution < 1.29 is 9.53 Å². The highest BCUT2D eigenvalue weighted by molar-refractivity contribution is 6.06. The van der Waals surface area contributed by atoms with E-state index in [9.17, 15) is 4.79 Å². The fourth-order valence-corrected chi connectivity index (χ4v) is 1.81. The maximum absolute atomic E-state index is 12.2. The van der Waals surface area contributed by atoms with Crippen LogP contribution >= 0.6 is 0 Å². The lowest BCUT2D eigenvalue weighted by molar-refractivity contribution is 0.102. The number of benzene rings is 2. The van der Waals surface area contributed by atoms with E-state index in [1.54, 1.807) is 37.4 Å². The van der Waals surface area contributed by atoms with Crippen molar-refractivity contribution in [3.8, 4) is 5.75 Å². The third kappa shape index (κ3) is 2.85. The maximum Gasteiger partial charge on any atom is 0.255 e. The van der Waals surface area contributed by atoms with Crippen molar-refractivity contribution in [2.24, 2.45) is 0 Å². The zero-order valence-electron chi connectivity index (χ0n) is 10.9. The molecule has 19 heavy (non-hydrogen) atoms. The number of anilines is 2. The molecule has 2 aromatic rings. The third-order valence-corrected chi connectivity index (χ3v) is 2.88. The molecule has 0 aliphatic rings. The smallest absolute Gasteiger partial charge is 0.255 e. The van der Waals surface area contributed by atoms with Gasteiger partial charge in [0, 0.05) is 5.56 Å². The second-order valence-corrected chi connectivity index (χ2v) is 4.23. The van der Waals surface area contributed by atoms with Gasteiger partial charge >= 0.3 is 0 Å². The van der Waals surface area contributed by atoms with Crippen molar-refractivity contribution in [2.75, 3.05) is 18.2 Å². The summed E-state index contributed by atoms with van der Waals surface area (Å²) in [5, 5.41) is 2.83. The number of amides is 1. The van der Waals surface area contributed by atoms with Gasteiger partial charge in [-0.1, -0.05) is 18.2 Å². The summed E-state index contributed by atoms with van der Waals surface area (Å²) in [7, 11) is 1.57. The van der Waals surface area contributed by atoms with Crippen LogP contribution in [0.3, 0.4) is 0 Å². The van der Waals surface area contributed by atoms with E-state index in [-0.39, 0.29) is 5.91 Å². The summed E-state index contributed by atoms with van der Waals surface area (Å²) in [5.74, 6) is 0.435. The number of methoxy groups -OCH3 is 1. The molecule has 0 bridgehead atoms. The Kier molecular flexibility index (Phi) is 3.71. The highest BCUT2D eigenvalue weighted by Crippen LogP contribution is 2.23. The van der Waals surface area contributed by atoms with E-state index in [0.29, 0.717) is 22.7 Å². The van der Waals surface area contributed by atoms with E-state index in [2.05, 4.69) is 5.32 Å². The largest absolute Gasteiger partial charge is 0.497 e. The Morgan fingerprint density at radius 3 is 2.63 bits per heavy atom. The number of hydrogen-bond acceptors (Lipinski definition) is 3. The molecule has 0 spiro atoms. The van der Waals surface area contributed by atoms with Gasteiger partial charge in [0.2, 0.25) is 0 Å². The first kappa shape index (κ1) is 13.0. The average Bonchev–Trinajstić information content (AvgIpc) is 2.43. The number of aryl methyl sites for hydroxylation is 1. The third-order valence-electron chi connectivity index (χ3n) is 2.88. The Bertz CT molecular complexity index is 589. The molecule has 2 aromatic carbocycles. The Labute approximate surface area is 112 Å². The number of carbonyl (C=O) groups is 1. The van der Waals surface area contributed by atoms with Crippen LogP contribution in [0, 0.1) is 6.92 Å². The van der Waals surface area contributed by atoms with Crippen LogP contribution in [0.2, 0.25) is 0 Å². The van der Waals surface area contributed by atoms with Crippen molar-refractivity contribution in [3.63, 3.8) is 0 Å². The van der Waals surface area contributed by atoms with Crippen LogP contribution in [0.5, 0.6) is 5.75 Å². The minimum absolute atomic E-state index is 0.208. The molecule has 0 atom stereocenters. The zero-order chi connectivity index (χ0) is 13.8. The Morgan fingerprint density at radius 1 is 1.21 bits per heavy atom. The lowest BCUT2D eigenvalue weighted by Gasteiger charge is -2.11. The van der Waals surface area contributed by atoms with Crippen LogP contribution in [0.15, 0.2) is 42.5 Å². The fourth-order valence-electron chi connectivity index (χ4n) is 1.81. The van der Waals surface area contributed by atoms with Gasteiger partial charge in [0.25, 0.3) is 5.91 Å². The summed E-state index contributed by atoms with van der Waals surface area (Å²) >= 11 is 0. The minimum atomic E-state index is -0.208. The molecule has 0 saturated carbocycles. The molecule has 1 amide bonds. The van der Waals surface area contributed by atoms with Gasteiger partial charge in [-0.2, -0.15) is 0 Å². The lowest BCUT2D eigenvalue weighted by Crippen LogP contribution is -2.14. The molecular weight excluding hydrogens is 240 g/mol. The van der Waals surface area contributed by atoms with E-state index in [1.807, 2.05) is 19.1 Å². The van der Waals surface area contributed by atoms with Crippen molar-refractivity contribution in [3.05, 3.63) is 53.6 Å². The van der Waals surface area contributed by atoms with Crippen LogP contribution in [0.1, 0.15) is 15.9 Å². The fraction of sp³-hybridized carbons (Fsp3) is 0.133. The summed E-state index contributed by atoms with van der Waals surface area (Å²) in [4.78, 5) is 12.2. The van der Waals surface area contributed by atoms with Gasteiger partial charge in [0.15, 0.2) is 0 Å². The van der Waals surface area contributed by atoms with E-state index >= 15 is 0 Å². The molecule has 0 fully saturated rings. The van der Waals surface area contributed by atoms with Gasteiger partial charge < -0.3 is 15.8 Å². The number of nitrogens with two attached hydrogens (primary N) is 1. The molecule has 0 unspecified atom stereocenters. The topological polar surface area (TPSA) is 64.3 Å². The van der Waals surface area contributed by atoms with E-state index in [0.717, 1.165) is 5.56 Å². The predicted molar refractivity (Wildman–Crippen MR) is 76.5 cm³/mol. The van der Waals surface area contributed by atoms with Crippen LogP contribution in [0.25, 0.3) is 0 Å². The normalized spacial score (nSPS) is 10.0. The zero-order valence-corrected chi connectivity index (χ0v) is 10.9. The van der Waals surface area contributed by atoms with Gasteiger partial charge in [0.05, 0.1) is 18.5 Å². The number of carbonyl (C=O) groups excluding carboxylic acids is 1. The quantitative estimate of drug-likeness (QED) is 0.830. The van der Waals surface area contributed by atoms with Gasteiger partial charge in [-0.3, -0.25) is 4.79 Å². The van der Waals surface area contributed by atoms with E-state index < -0.39 is 0 Å². The first-order chi connectivity index (χ1) is 9.11.